The van der Waals surface area contributed by atoms with E-state index in [2.05, 4.69) is 58.6 Å². The van der Waals surface area contributed by atoms with Crippen LogP contribution in [0.3, 0.4) is 0 Å². The van der Waals surface area contributed by atoms with E-state index in [9.17, 15) is 0 Å². The quantitative estimate of drug-likeness (QED) is 0.332. The number of aliphatic imine (C=N–C) groups is 1. The van der Waals surface area contributed by atoms with Crippen LogP contribution in [0.1, 0.15) is 22.3 Å². The normalized spacial score (nSPS) is 11.1. The molecule has 0 radical (unpaired) electrons. The molecule has 2 aromatic carbocycles. The molecule has 0 aliphatic rings. The van der Waals surface area contributed by atoms with Crippen LogP contribution < -0.4 is 15.4 Å². The van der Waals surface area contributed by atoms with E-state index in [-0.39, 0.29) is 24.0 Å². The molecule has 2 N–H and O–H groups in total. The molecule has 0 aliphatic carbocycles. The maximum atomic E-state index is 5.93. The zero-order valence-corrected chi connectivity index (χ0v) is 19.9. The summed E-state index contributed by atoms with van der Waals surface area (Å²) in [5, 5.41) is 6.76. The van der Waals surface area contributed by atoms with Gasteiger partial charge >= 0.3 is 0 Å². The second kappa shape index (κ2) is 12.6. The van der Waals surface area contributed by atoms with Gasteiger partial charge in [0.2, 0.25) is 0 Å². The van der Waals surface area contributed by atoms with Crippen molar-refractivity contribution < 1.29 is 4.74 Å². The highest BCUT2D eigenvalue weighted by molar-refractivity contribution is 14.0. The van der Waals surface area contributed by atoms with Gasteiger partial charge in [0.15, 0.2) is 5.96 Å². The van der Waals surface area contributed by atoms with Gasteiger partial charge in [-0.1, -0.05) is 42.0 Å². The molecule has 5 nitrogen and oxygen atoms in total. The molecular weight excluding hydrogens is 463 g/mol. The molecule has 0 fully saturated rings. The Morgan fingerprint density at radius 1 is 1.00 bits per heavy atom. The summed E-state index contributed by atoms with van der Waals surface area (Å²) >= 11 is 0. The van der Waals surface area contributed by atoms with Gasteiger partial charge in [-0.15, -0.1) is 24.0 Å². The molecule has 0 amide bonds. The lowest BCUT2D eigenvalue weighted by Gasteiger charge is -2.16. The average Bonchev–Trinajstić information content (AvgIpc) is 2.64. The van der Waals surface area contributed by atoms with Crippen molar-refractivity contribution in [2.45, 2.75) is 26.9 Å². The Morgan fingerprint density at radius 3 is 2.32 bits per heavy atom. The zero-order chi connectivity index (χ0) is 19.6. The third kappa shape index (κ3) is 8.06. The molecule has 0 saturated carbocycles. The number of rotatable bonds is 8. The van der Waals surface area contributed by atoms with Crippen molar-refractivity contribution in [1.29, 1.82) is 0 Å². The number of guanidine groups is 1. The van der Waals surface area contributed by atoms with E-state index in [1.165, 1.54) is 16.7 Å². The van der Waals surface area contributed by atoms with Crippen LogP contribution in [0.5, 0.6) is 5.75 Å². The maximum Gasteiger partial charge on any atom is 0.191 e. The van der Waals surface area contributed by atoms with Crippen LogP contribution in [0.2, 0.25) is 0 Å². The Kier molecular flexibility index (Phi) is 10.9. The SMILES string of the molecule is CN=C(NCc1ccc(C)cc1C)NCc1ccccc1OCCN(C)C.I. The highest BCUT2D eigenvalue weighted by Crippen LogP contribution is 2.17. The number of halogens is 1. The van der Waals surface area contributed by atoms with E-state index in [4.69, 9.17) is 4.74 Å². The predicted molar refractivity (Wildman–Crippen MR) is 129 cm³/mol. The minimum atomic E-state index is 0. The van der Waals surface area contributed by atoms with Gasteiger partial charge in [-0.25, -0.2) is 0 Å². The number of likely N-dealkylation sites (N-methyl/N-ethyl adjacent to an activating group) is 1. The summed E-state index contributed by atoms with van der Waals surface area (Å²) in [5.41, 5.74) is 4.96. The van der Waals surface area contributed by atoms with Crippen molar-refractivity contribution in [3.8, 4) is 5.75 Å². The van der Waals surface area contributed by atoms with Gasteiger partial charge in [0, 0.05) is 32.2 Å². The molecule has 0 bridgehead atoms. The van der Waals surface area contributed by atoms with E-state index in [0.29, 0.717) is 13.2 Å². The monoisotopic (exact) mass is 496 g/mol. The van der Waals surface area contributed by atoms with Crippen molar-refractivity contribution in [2.75, 3.05) is 34.3 Å². The Bertz CT molecular complexity index is 762. The molecule has 0 heterocycles. The Labute approximate surface area is 186 Å². The number of nitrogens with one attached hydrogen (secondary N) is 2. The third-order valence-electron chi connectivity index (χ3n) is 4.38. The number of nitrogens with zero attached hydrogens (tertiary/aromatic N) is 2. The molecule has 0 aromatic heterocycles. The molecule has 0 unspecified atom stereocenters. The Morgan fingerprint density at radius 2 is 1.68 bits per heavy atom. The molecule has 28 heavy (non-hydrogen) atoms. The van der Waals surface area contributed by atoms with Crippen LogP contribution in [-0.2, 0) is 13.1 Å². The summed E-state index contributed by atoms with van der Waals surface area (Å²) in [6, 6.07) is 14.6. The van der Waals surface area contributed by atoms with Gasteiger partial charge in [-0.2, -0.15) is 0 Å². The lowest BCUT2D eigenvalue weighted by Crippen LogP contribution is -2.36. The second-order valence-electron chi connectivity index (χ2n) is 6.97. The first-order valence-electron chi connectivity index (χ1n) is 9.35. The number of para-hydroxylation sites is 1. The lowest BCUT2D eigenvalue weighted by molar-refractivity contribution is 0.259. The first-order chi connectivity index (χ1) is 13.0. The van der Waals surface area contributed by atoms with Gasteiger partial charge < -0.3 is 20.3 Å². The van der Waals surface area contributed by atoms with Gasteiger partial charge in [0.05, 0.1) is 0 Å². The van der Waals surface area contributed by atoms with Crippen LogP contribution in [0.15, 0.2) is 47.5 Å². The summed E-state index contributed by atoms with van der Waals surface area (Å²) in [6.07, 6.45) is 0. The third-order valence-corrected chi connectivity index (χ3v) is 4.38. The highest BCUT2D eigenvalue weighted by atomic mass is 127. The summed E-state index contributed by atoms with van der Waals surface area (Å²) in [4.78, 5) is 6.44. The Balaban J connectivity index is 0.00000392. The molecule has 154 valence electrons. The molecule has 0 saturated heterocycles. The van der Waals surface area contributed by atoms with Gasteiger partial charge in [0.25, 0.3) is 0 Å². The number of ether oxygens (including phenoxy) is 1. The number of aryl methyl sites for hydroxylation is 2. The van der Waals surface area contributed by atoms with Crippen molar-refractivity contribution in [3.05, 3.63) is 64.7 Å². The molecule has 0 aliphatic heterocycles. The smallest absolute Gasteiger partial charge is 0.191 e. The summed E-state index contributed by atoms with van der Waals surface area (Å²) < 4.78 is 5.93. The second-order valence-corrected chi connectivity index (χ2v) is 6.97. The van der Waals surface area contributed by atoms with E-state index in [0.717, 1.165) is 30.4 Å². The average molecular weight is 496 g/mol. The van der Waals surface area contributed by atoms with Gasteiger partial charge in [0.1, 0.15) is 12.4 Å². The standard InChI is InChI=1S/C22H32N4O.HI/c1-17-10-11-19(18(2)14-17)15-24-22(23-3)25-16-20-8-6-7-9-21(20)27-13-12-26(4)5;/h6-11,14H,12-13,15-16H2,1-5H3,(H2,23,24,25);1H. The van der Waals surface area contributed by atoms with Crippen LogP contribution in [0, 0.1) is 13.8 Å². The Hall–Kier alpha value is -1.80. The predicted octanol–water partition coefficient (Wildman–Crippen LogP) is 3.73. The fraction of sp³-hybridized carbons (Fsp3) is 0.409. The fourth-order valence-electron chi connectivity index (χ4n) is 2.75. The molecule has 2 rings (SSSR count). The number of benzene rings is 2. The molecule has 2 aromatic rings. The lowest BCUT2D eigenvalue weighted by atomic mass is 10.1. The van der Waals surface area contributed by atoms with E-state index < -0.39 is 0 Å². The first kappa shape index (κ1) is 24.2. The highest BCUT2D eigenvalue weighted by Gasteiger charge is 2.06. The molecule has 0 atom stereocenters. The number of hydrogen-bond acceptors (Lipinski definition) is 3. The number of hydrogen-bond donors (Lipinski definition) is 2. The minimum absolute atomic E-state index is 0. The van der Waals surface area contributed by atoms with Crippen LogP contribution in [0.4, 0.5) is 0 Å². The van der Waals surface area contributed by atoms with Crippen molar-refractivity contribution in [2.24, 2.45) is 4.99 Å². The van der Waals surface area contributed by atoms with Crippen LogP contribution in [-0.4, -0.2) is 45.2 Å². The fourth-order valence-corrected chi connectivity index (χ4v) is 2.75. The van der Waals surface area contributed by atoms with Gasteiger partial charge in [-0.3, -0.25) is 4.99 Å². The van der Waals surface area contributed by atoms with E-state index >= 15 is 0 Å². The zero-order valence-electron chi connectivity index (χ0n) is 17.6. The summed E-state index contributed by atoms with van der Waals surface area (Å²) in [6.45, 7) is 7.21. The largest absolute Gasteiger partial charge is 0.492 e. The topological polar surface area (TPSA) is 48.9 Å². The molecular formula is C22H33IN4O. The van der Waals surface area contributed by atoms with Crippen molar-refractivity contribution in [3.63, 3.8) is 0 Å². The maximum absolute atomic E-state index is 5.93. The first-order valence-corrected chi connectivity index (χ1v) is 9.35. The minimum Gasteiger partial charge on any atom is -0.492 e. The van der Waals surface area contributed by atoms with Crippen molar-refractivity contribution >= 4 is 29.9 Å². The summed E-state index contributed by atoms with van der Waals surface area (Å²) in [7, 11) is 5.88. The summed E-state index contributed by atoms with van der Waals surface area (Å²) in [5.74, 6) is 1.69. The van der Waals surface area contributed by atoms with Crippen LogP contribution in [0.25, 0.3) is 0 Å². The van der Waals surface area contributed by atoms with Crippen LogP contribution >= 0.6 is 24.0 Å². The van der Waals surface area contributed by atoms with Gasteiger partial charge in [-0.05, 0) is 45.1 Å². The molecule has 6 heteroatoms. The molecule has 0 spiro atoms. The van der Waals surface area contributed by atoms with E-state index in [1.807, 2.05) is 32.3 Å². The van der Waals surface area contributed by atoms with E-state index in [1.54, 1.807) is 7.05 Å². The van der Waals surface area contributed by atoms with Crippen molar-refractivity contribution in [1.82, 2.24) is 15.5 Å².